The molecule has 0 aliphatic heterocycles. The molecule has 0 aliphatic carbocycles. The molecule has 3 heterocycles. The fourth-order valence-corrected chi connectivity index (χ4v) is 2.87. The Bertz CT molecular complexity index is 1170. The van der Waals surface area contributed by atoms with Crippen molar-refractivity contribution in [1.29, 1.82) is 0 Å². The lowest BCUT2D eigenvalue weighted by Gasteiger charge is -1.98. The average molecular weight is 342 g/mol. The quantitative estimate of drug-likeness (QED) is 0.540. The number of nitrogens with zero attached hydrogens (tertiary/aromatic N) is 5. The minimum Gasteiger partial charge on any atom is -0.361 e. The largest absolute Gasteiger partial charge is 0.361 e. The molecule has 0 fully saturated rings. The zero-order valence-electron chi connectivity index (χ0n) is 13.7. The molecule has 7 nitrogen and oxygen atoms in total. The number of aromatic nitrogens is 6. The monoisotopic (exact) mass is 342 g/mol. The van der Waals surface area contributed by atoms with Gasteiger partial charge in [0.2, 0.25) is 5.82 Å². The highest BCUT2D eigenvalue weighted by Crippen LogP contribution is 2.24. The van der Waals surface area contributed by atoms with Crippen LogP contribution in [0, 0.1) is 0 Å². The van der Waals surface area contributed by atoms with E-state index in [0.29, 0.717) is 24.0 Å². The molecule has 0 radical (unpaired) electrons. The second-order valence-electron chi connectivity index (χ2n) is 5.99. The molecule has 0 saturated heterocycles. The van der Waals surface area contributed by atoms with Crippen LogP contribution in [0.15, 0.2) is 71.5 Å². The molecule has 0 atom stereocenters. The number of hydrogen-bond donors (Lipinski definition) is 1. The predicted octanol–water partition coefficient (Wildman–Crippen LogP) is 3.52. The normalized spacial score (nSPS) is 11.2. The summed E-state index contributed by atoms with van der Waals surface area (Å²) in [7, 11) is 0. The van der Waals surface area contributed by atoms with Gasteiger partial charge in [-0.3, -0.25) is 0 Å². The minimum atomic E-state index is 0.422. The van der Waals surface area contributed by atoms with Crippen LogP contribution in [-0.4, -0.2) is 30.1 Å². The molecule has 0 aliphatic rings. The maximum atomic E-state index is 5.41. The molecular formula is C19H14N6O. The standard InChI is InChI=1S/C19H14N6O/c1-2-4-13(5-3-1)11-25-12-17(22-24-25)18-21-19(26-23-18)15-7-6-14-8-9-20-16(14)10-15/h1-10,12,20H,11H2. The highest BCUT2D eigenvalue weighted by Gasteiger charge is 2.14. The zero-order valence-corrected chi connectivity index (χ0v) is 13.7. The lowest BCUT2D eigenvalue weighted by molar-refractivity contribution is 0.432. The SMILES string of the molecule is c1ccc(Cn2cc(-c3noc(-c4ccc5cc[nH]c5c4)n3)nn2)cc1. The van der Waals surface area contributed by atoms with Gasteiger partial charge in [0.1, 0.15) is 0 Å². The number of hydrogen-bond acceptors (Lipinski definition) is 5. The summed E-state index contributed by atoms with van der Waals surface area (Å²) in [5, 5.41) is 13.5. The number of H-pyrrole nitrogens is 1. The molecule has 3 aromatic heterocycles. The summed E-state index contributed by atoms with van der Waals surface area (Å²) in [4.78, 5) is 7.63. The summed E-state index contributed by atoms with van der Waals surface area (Å²) < 4.78 is 7.16. The van der Waals surface area contributed by atoms with Crippen molar-refractivity contribution in [3.8, 4) is 23.0 Å². The minimum absolute atomic E-state index is 0.422. The summed E-state index contributed by atoms with van der Waals surface area (Å²) in [6.45, 7) is 0.641. The van der Waals surface area contributed by atoms with Crippen LogP contribution in [0.3, 0.4) is 0 Å². The van der Waals surface area contributed by atoms with Crippen molar-refractivity contribution in [2.24, 2.45) is 0 Å². The van der Waals surface area contributed by atoms with E-state index in [2.05, 4.69) is 25.4 Å². The number of rotatable bonds is 4. The highest BCUT2D eigenvalue weighted by molar-refractivity contribution is 5.83. The summed E-state index contributed by atoms with van der Waals surface area (Å²) in [5.74, 6) is 0.875. The Kier molecular flexibility index (Phi) is 3.35. The van der Waals surface area contributed by atoms with Gasteiger partial charge in [0.15, 0.2) is 5.69 Å². The van der Waals surface area contributed by atoms with Crippen molar-refractivity contribution in [2.75, 3.05) is 0 Å². The fourth-order valence-electron chi connectivity index (χ4n) is 2.87. The molecule has 1 N–H and O–H groups in total. The van der Waals surface area contributed by atoms with Crippen LogP contribution in [-0.2, 0) is 6.54 Å². The lowest BCUT2D eigenvalue weighted by atomic mass is 10.1. The van der Waals surface area contributed by atoms with Crippen LogP contribution in [0.1, 0.15) is 5.56 Å². The Labute approximate surface area is 148 Å². The first-order valence-electron chi connectivity index (χ1n) is 8.21. The van der Waals surface area contributed by atoms with Gasteiger partial charge >= 0.3 is 0 Å². The van der Waals surface area contributed by atoms with E-state index in [9.17, 15) is 0 Å². The summed E-state index contributed by atoms with van der Waals surface area (Å²) >= 11 is 0. The van der Waals surface area contributed by atoms with Gasteiger partial charge in [-0.1, -0.05) is 46.8 Å². The van der Waals surface area contributed by atoms with Gasteiger partial charge in [-0.2, -0.15) is 4.98 Å². The van der Waals surface area contributed by atoms with Gasteiger partial charge in [0.25, 0.3) is 5.89 Å². The molecule has 0 spiro atoms. The first-order valence-corrected chi connectivity index (χ1v) is 8.21. The van der Waals surface area contributed by atoms with Crippen molar-refractivity contribution in [2.45, 2.75) is 6.54 Å². The molecule has 2 aromatic carbocycles. The number of nitrogens with one attached hydrogen (secondary N) is 1. The third-order valence-corrected chi connectivity index (χ3v) is 4.18. The van der Waals surface area contributed by atoms with Crippen LogP contribution in [0.4, 0.5) is 0 Å². The van der Waals surface area contributed by atoms with Crippen LogP contribution >= 0.6 is 0 Å². The van der Waals surface area contributed by atoms with E-state index in [1.165, 1.54) is 0 Å². The van der Waals surface area contributed by atoms with Crippen molar-refractivity contribution in [1.82, 2.24) is 30.1 Å². The molecule has 7 heteroatoms. The Balaban J connectivity index is 1.41. The number of aromatic amines is 1. The smallest absolute Gasteiger partial charge is 0.258 e. The van der Waals surface area contributed by atoms with E-state index in [0.717, 1.165) is 22.0 Å². The van der Waals surface area contributed by atoms with Gasteiger partial charge < -0.3 is 9.51 Å². The molecular weight excluding hydrogens is 328 g/mol. The van der Waals surface area contributed by atoms with Crippen molar-refractivity contribution >= 4 is 10.9 Å². The highest BCUT2D eigenvalue weighted by atomic mass is 16.5. The second kappa shape index (κ2) is 5.96. The lowest BCUT2D eigenvalue weighted by Crippen LogP contribution is -1.99. The number of fused-ring (bicyclic) bond motifs is 1. The Morgan fingerprint density at radius 3 is 2.88 bits per heavy atom. The van der Waals surface area contributed by atoms with Crippen LogP contribution < -0.4 is 0 Å². The van der Waals surface area contributed by atoms with Crippen LogP contribution in [0.2, 0.25) is 0 Å². The topological polar surface area (TPSA) is 85.4 Å². The first kappa shape index (κ1) is 14.6. The van der Waals surface area contributed by atoms with Crippen LogP contribution in [0.5, 0.6) is 0 Å². The summed E-state index contributed by atoms with van der Waals surface area (Å²) in [5.41, 5.74) is 3.61. The molecule has 0 amide bonds. The molecule has 126 valence electrons. The van der Waals surface area contributed by atoms with Gasteiger partial charge in [0, 0.05) is 17.3 Å². The van der Waals surface area contributed by atoms with E-state index < -0.39 is 0 Å². The van der Waals surface area contributed by atoms with E-state index >= 15 is 0 Å². The number of benzene rings is 2. The van der Waals surface area contributed by atoms with Gasteiger partial charge in [-0.15, -0.1) is 5.10 Å². The molecule has 0 unspecified atom stereocenters. The van der Waals surface area contributed by atoms with E-state index in [-0.39, 0.29) is 0 Å². The Morgan fingerprint density at radius 2 is 1.96 bits per heavy atom. The zero-order chi connectivity index (χ0) is 17.3. The second-order valence-corrected chi connectivity index (χ2v) is 5.99. The fraction of sp³-hybridized carbons (Fsp3) is 0.0526. The van der Waals surface area contributed by atoms with E-state index in [1.54, 1.807) is 4.68 Å². The molecule has 0 bridgehead atoms. The summed E-state index contributed by atoms with van der Waals surface area (Å²) in [6, 6.07) is 18.1. The Hall–Kier alpha value is -3.74. The molecule has 5 aromatic rings. The van der Waals surface area contributed by atoms with Gasteiger partial charge in [-0.05, 0) is 29.1 Å². The summed E-state index contributed by atoms with van der Waals surface area (Å²) in [6.07, 6.45) is 3.72. The van der Waals surface area contributed by atoms with Gasteiger partial charge in [0.05, 0.1) is 12.7 Å². The van der Waals surface area contributed by atoms with E-state index in [4.69, 9.17) is 4.52 Å². The van der Waals surface area contributed by atoms with Crippen molar-refractivity contribution < 1.29 is 4.52 Å². The maximum Gasteiger partial charge on any atom is 0.258 e. The maximum absolute atomic E-state index is 5.41. The molecule has 0 saturated carbocycles. The third kappa shape index (κ3) is 2.65. The molecule has 26 heavy (non-hydrogen) atoms. The predicted molar refractivity (Wildman–Crippen MR) is 96.2 cm³/mol. The van der Waals surface area contributed by atoms with Gasteiger partial charge in [-0.25, -0.2) is 4.68 Å². The molecule has 5 rings (SSSR count). The van der Waals surface area contributed by atoms with Crippen molar-refractivity contribution in [3.05, 3.63) is 72.6 Å². The van der Waals surface area contributed by atoms with E-state index in [1.807, 2.05) is 67.0 Å². The first-order chi connectivity index (χ1) is 12.8. The Morgan fingerprint density at radius 1 is 1.04 bits per heavy atom. The average Bonchev–Trinajstić information content (AvgIpc) is 3.42. The van der Waals surface area contributed by atoms with Crippen molar-refractivity contribution in [3.63, 3.8) is 0 Å². The van der Waals surface area contributed by atoms with Crippen LogP contribution in [0.25, 0.3) is 33.9 Å². The third-order valence-electron chi connectivity index (χ3n) is 4.18.